The minimum atomic E-state index is -0.421. The van der Waals surface area contributed by atoms with Gasteiger partial charge in [0, 0.05) is 24.4 Å². The molecule has 0 saturated carbocycles. The summed E-state index contributed by atoms with van der Waals surface area (Å²) in [4.78, 5) is 21.9. The molecular formula is C17H18N2O3S. The normalized spacial score (nSPS) is 10.3. The quantitative estimate of drug-likeness (QED) is 0.623. The lowest BCUT2D eigenvalue weighted by Gasteiger charge is -2.06. The number of nitrogens with one attached hydrogen (secondary N) is 1. The maximum Gasteiger partial charge on any atom is 0.269 e. The number of nitrogens with zero attached hydrogens (tertiary/aromatic N) is 1. The van der Waals surface area contributed by atoms with Crippen molar-refractivity contribution in [2.75, 3.05) is 5.75 Å². The molecule has 0 unspecified atom stereocenters. The van der Waals surface area contributed by atoms with Gasteiger partial charge in [0.1, 0.15) is 0 Å². The zero-order chi connectivity index (χ0) is 16.7. The Balaban J connectivity index is 1.70. The van der Waals surface area contributed by atoms with E-state index in [1.807, 2.05) is 31.2 Å². The summed E-state index contributed by atoms with van der Waals surface area (Å²) in [5.74, 6) is 0.996. The second kappa shape index (κ2) is 8.33. The van der Waals surface area contributed by atoms with Gasteiger partial charge in [0.25, 0.3) is 5.69 Å². The van der Waals surface area contributed by atoms with Crippen molar-refractivity contribution < 1.29 is 9.72 Å². The van der Waals surface area contributed by atoms with Gasteiger partial charge < -0.3 is 5.32 Å². The van der Waals surface area contributed by atoms with Crippen LogP contribution in [0.2, 0.25) is 0 Å². The summed E-state index contributed by atoms with van der Waals surface area (Å²) in [5.41, 5.74) is 3.31. The van der Waals surface area contributed by atoms with Gasteiger partial charge in [-0.1, -0.05) is 42.0 Å². The first-order valence-electron chi connectivity index (χ1n) is 7.18. The van der Waals surface area contributed by atoms with Crippen LogP contribution in [0.25, 0.3) is 0 Å². The second-order valence-electron chi connectivity index (χ2n) is 5.18. The number of benzene rings is 2. The minimum absolute atomic E-state index is 0.0162. The van der Waals surface area contributed by atoms with Crippen LogP contribution in [0.3, 0.4) is 0 Å². The summed E-state index contributed by atoms with van der Waals surface area (Å²) >= 11 is 1.48. The Morgan fingerprint density at radius 2 is 1.70 bits per heavy atom. The van der Waals surface area contributed by atoms with Crippen molar-refractivity contribution in [1.82, 2.24) is 5.32 Å². The van der Waals surface area contributed by atoms with E-state index in [1.165, 1.54) is 29.5 Å². The fourth-order valence-corrected chi connectivity index (χ4v) is 2.75. The Hall–Kier alpha value is -2.34. The van der Waals surface area contributed by atoms with E-state index < -0.39 is 4.92 Å². The molecular weight excluding hydrogens is 312 g/mol. The van der Waals surface area contributed by atoms with Gasteiger partial charge in [-0.05, 0) is 18.1 Å². The highest BCUT2D eigenvalue weighted by Gasteiger charge is 2.05. The van der Waals surface area contributed by atoms with E-state index in [0.29, 0.717) is 18.1 Å². The summed E-state index contributed by atoms with van der Waals surface area (Å²) in [6, 6.07) is 14.4. The number of nitro groups is 1. The number of rotatable bonds is 7. The predicted molar refractivity (Wildman–Crippen MR) is 92.3 cm³/mol. The molecule has 0 saturated heterocycles. The summed E-state index contributed by atoms with van der Waals surface area (Å²) in [6.45, 7) is 2.55. The van der Waals surface area contributed by atoms with Crippen LogP contribution in [0.4, 0.5) is 5.69 Å². The van der Waals surface area contributed by atoms with E-state index in [9.17, 15) is 14.9 Å². The van der Waals surface area contributed by atoms with Gasteiger partial charge >= 0.3 is 0 Å². The third-order valence-corrected chi connectivity index (χ3v) is 4.26. The number of hydrogen-bond donors (Lipinski definition) is 1. The van der Waals surface area contributed by atoms with Crippen molar-refractivity contribution >= 4 is 23.4 Å². The van der Waals surface area contributed by atoms with Crippen LogP contribution in [0.15, 0.2) is 48.5 Å². The number of amides is 1. The number of carbonyl (C=O) groups excluding carboxylic acids is 1. The molecule has 0 spiro atoms. The van der Waals surface area contributed by atoms with Crippen LogP contribution in [0.1, 0.15) is 16.7 Å². The van der Waals surface area contributed by atoms with Crippen molar-refractivity contribution in [2.24, 2.45) is 0 Å². The molecule has 1 amide bonds. The molecule has 1 N–H and O–H groups in total. The molecule has 0 fully saturated rings. The largest absolute Gasteiger partial charge is 0.351 e. The van der Waals surface area contributed by atoms with Crippen molar-refractivity contribution in [3.8, 4) is 0 Å². The summed E-state index contributed by atoms with van der Waals surface area (Å²) in [6.07, 6.45) is 0. The monoisotopic (exact) mass is 330 g/mol. The van der Waals surface area contributed by atoms with E-state index in [1.54, 1.807) is 12.1 Å². The minimum Gasteiger partial charge on any atom is -0.351 e. The highest BCUT2D eigenvalue weighted by atomic mass is 32.2. The maximum absolute atomic E-state index is 11.8. The molecule has 0 aromatic heterocycles. The van der Waals surface area contributed by atoms with Crippen LogP contribution < -0.4 is 5.32 Å². The summed E-state index contributed by atoms with van der Waals surface area (Å²) < 4.78 is 0. The van der Waals surface area contributed by atoms with Gasteiger partial charge in [-0.3, -0.25) is 14.9 Å². The lowest BCUT2D eigenvalue weighted by atomic mass is 10.1. The molecule has 0 bridgehead atoms. The Bertz CT molecular complexity index is 669. The highest BCUT2D eigenvalue weighted by molar-refractivity contribution is 7.99. The number of non-ortho nitro benzene ring substituents is 1. The molecule has 2 rings (SSSR count). The number of carbonyl (C=O) groups is 1. The van der Waals surface area contributed by atoms with E-state index >= 15 is 0 Å². The molecule has 0 aliphatic heterocycles. The van der Waals surface area contributed by atoms with Crippen LogP contribution in [0, 0.1) is 17.0 Å². The first-order chi connectivity index (χ1) is 11.0. The van der Waals surface area contributed by atoms with Crippen LogP contribution in [-0.4, -0.2) is 16.6 Å². The first-order valence-corrected chi connectivity index (χ1v) is 8.33. The zero-order valence-electron chi connectivity index (χ0n) is 12.8. The van der Waals surface area contributed by atoms with Crippen molar-refractivity contribution in [3.05, 3.63) is 75.3 Å². The number of aryl methyl sites for hydroxylation is 1. The van der Waals surface area contributed by atoms with E-state index in [0.717, 1.165) is 11.1 Å². The molecule has 0 heterocycles. The SMILES string of the molecule is Cc1ccc(CNC(=O)CSCc2ccc([N+](=O)[O-])cc2)cc1. The molecule has 0 aliphatic carbocycles. The van der Waals surface area contributed by atoms with Crippen molar-refractivity contribution in [2.45, 2.75) is 19.2 Å². The third kappa shape index (κ3) is 5.75. The smallest absolute Gasteiger partial charge is 0.269 e. The van der Waals surface area contributed by atoms with Gasteiger partial charge in [0.2, 0.25) is 5.91 Å². The molecule has 2 aromatic carbocycles. The lowest BCUT2D eigenvalue weighted by molar-refractivity contribution is -0.384. The molecule has 0 radical (unpaired) electrons. The van der Waals surface area contributed by atoms with E-state index in [2.05, 4.69) is 5.32 Å². The van der Waals surface area contributed by atoms with E-state index in [4.69, 9.17) is 0 Å². The lowest BCUT2D eigenvalue weighted by Crippen LogP contribution is -2.24. The number of nitro benzene ring substituents is 1. The fourth-order valence-electron chi connectivity index (χ4n) is 1.93. The number of hydrogen-bond acceptors (Lipinski definition) is 4. The van der Waals surface area contributed by atoms with Gasteiger partial charge in [-0.2, -0.15) is 0 Å². The molecule has 120 valence electrons. The highest BCUT2D eigenvalue weighted by Crippen LogP contribution is 2.16. The summed E-state index contributed by atoms with van der Waals surface area (Å²) in [5, 5.41) is 13.5. The third-order valence-electron chi connectivity index (χ3n) is 3.26. The van der Waals surface area contributed by atoms with E-state index in [-0.39, 0.29) is 11.6 Å². The van der Waals surface area contributed by atoms with Gasteiger partial charge in [0.15, 0.2) is 0 Å². The average molecular weight is 330 g/mol. The number of thioether (sulfide) groups is 1. The predicted octanol–water partition coefficient (Wildman–Crippen LogP) is 3.45. The fraction of sp³-hybridized carbons (Fsp3) is 0.235. The van der Waals surface area contributed by atoms with Crippen LogP contribution in [0.5, 0.6) is 0 Å². The Labute approximate surface area is 139 Å². The molecule has 23 heavy (non-hydrogen) atoms. The topological polar surface area (TPSA) is 72.2 Å². The molecule has 0 aliphatic rings. The molecule has 0 atom stereocenters. The van der Waals surface area contributed by atoms with Crippen molar-refractivity contribution in [3.63, 3.8) is 0 Å². The maximum atomic E-state index is 11.8. The molecule has 2 aromatic rings. The summed E-state index contributed by atoms with van der Waals surface area (Å²) in [7, 11) is 0. The van der Waals surface area contributed by atoms with Crippen molar-refractivity contribution in [1.29, 1.82) is 0 Å². The Morgan fingerprint density at radius 1 is 1.09 bits per heavy atom. The first kappa shape index (κ1) is 17.0. The standard InChI is InChI=1S/C17H18N2O3S/c1-13-2-4-14(5-3-13)10-18-17(20)12-23-11-15-6-8-16(9-7-15)19(21)22/h2-9H,10-12H2,1H3,(H,18,20). The van der Waals surface area contributed by atoms with Gasteiger partial charge in [0.05, 0.1) is 10.7 Å². The molecule has 5 nitrogen and oxygen atoms in total. The average Bonchev–Trinajstić information content (AvgIpc) is 2.55. The Morgan fingerprint density at radius 3 is 2.30 bits per heavy atom. The molecule has 6 heteroatoms. The Kier molecular flexibility index (Phi) is 6.17. The second-order valence-corrected chi connectivity index (χ2v) is 6.16. The van der Waals surface area contributed by atoms with Gasteiger partial charge in [-0.25, -0.2) is 0 Å². The van der Waals surface area contributed by atoms with Crippen LogP contribution in [-0.2, 0) is 17.1 Å². The zero-order valence-corrected chi connectivity index (χ0v) is 13.6. The van der Waals surface area contributed by atoms with Gasteiger partial charge in [-0.15, -0.1) is 11.8 Å². The van der Waals surface area contributed by atoms with Crippen LogP contribution >= 0.6 is 11.8 Å².